The number of hydrogen-bond donors (Lipinski definition) is 1. The molecule has 5 nitrogen and oxygen atoms in total. The Bertz CT molecular complexity index is 326. The third-order valence-electron chi connectivity index (χ3n) is 2.59. The number of nitrogens with zero attached hydrogens (tertiary/aromatic N) is 4. The first-order chi connectivity index (χ1) is 8.15. The molecule has 0 saturated heterocycles. The monoisotopic (exact) mass is 237 g/mol. The van der Waals surface area contributed by atoms with Crippen molar-refractivity contribution in [1.29, 1.82) is 0 Å². The summed E-state index contributed by atoms with van der Waals surface area (Å²) >= 11 is 0. The standard InChI is InChI=1S/C12H23N5/c1-13-8-11-9-14-10-15-12(11)17(4)7-5-6-16(2)3/h9-10,13H,5-8H2,1-4H3. The highest BCUT2D eigenvalue weighted by Crippen LogP contribution is 2.14. The van der Waals surface area contributed by atoms with E-state index >= 15 is 0 Å². The summed E-state index contributed by atoms with van der Waals surface area (Å²) < 4.78 is 0. The first-order valence-electron chi connectivity index (χ1n) is 5.94. The van der Waals surface area contributed by atoms with Gasteiger partial charge in [0.15, 0.2) is 0 Å². The maximum Gasteiger partial charge on any atom is 0.136 e. The first-order valence-corrected chi connectivity index (χ1v) is 5.94. The Morgan fingerprint density at radius 2 is 2.00 bits per heavy atom. The molecule has 0 aliphatic rings. The Labute approximate surface area is 104 Å². The van der Waals surface area contributed by atoms with Crippen molar-refractivity contribution in [1.82, 2.24) is 20.2 Å². The van der Waals surface area contributed by atoms with Crippen molar-refractivity contribution in [3.05, 3.63) is 18.1 Å². The van der Waals surface area contributed by atoms with Crippen LogP contribution in [0.5, 0.6) is 0 Å². The molecule has 0 aromatic carbocycles. The molecule has 1 aromatic heterocycles. The van der Waals surface area contributed by atoms with Crippen molar-refractivity contribution >= 4 is 5.82 Å². The summed E-state index contributed by atoms with van der Waals surface area (Å²) in [6, 6.07) is 0. The molecule has 1 rings (SSSR count). The molecule has 0 fully saturated rings. The van der Waals surface area contributed by atoms with E-state index in [4.69, 9.17) is 0 Å². The maximum atomic E-state index is 4.36. The molecule has 0 atom stereocenters. The molecule has 0 spiro atoms. The lowest BCUT2D eigenvalue weighted by Crippen LogP contribution is -2.25. The predicted molar refractivity (Wildman–Crippen MR) is 71.2 cm³/mol. The first kappa shape index (κ1) is 13.9. The molecule has 1 aromatic rings. The van der Waals surface area contributed by atoms with E-state index in [0.717, 1.165) is 37.4 Å². The van der Waals surface area contributed by atoms with E-state index in [-0.39, 0.29) is 0 Å². The van der Waals surface area contributed by atoms with Gasteiger partial charge in [-0.3, -0.25) is 0 Å². The van der Waals surface area contributed by atoms with Crippen LogP contribution < -0.4 is 10.2 Å². The fourth-order valence-electron chi connectivity index (χ4n) is 1.74. The van der Waals surface area contributed by atoms with Crippen molar-refractivity contribution in [2.45, 2.75) is 13.0 Å². The van der Waals surface area contributed by atoms with Gasteiger partial charge >= 0.3 is 0 Å². The molecule has 0 saturated carbocycles. The quantitative estimate of drug-likeness (QED) is 0.751. The Hall–Kier alpha value is -1.20. The van der Waals surface area contributed by atoms with E-state index in [2.05, 4.69) is 46.2 Å². The predicted octanol–water partition coefficient (Wildman–Crippen LogP) is 0.584. The molecule has 0 bridgehead atoms. The van der Waals surface area contributed by atoms with Gasteiger partial charge in [-0.25, -0.2) is 9.97 Å². The molecule has 0 amide bonds. The summed E-state index contributed by atoms with van der Waals surface area (Å²) in [5.41, 5.74) is 1.14. The molecule has 96 valence electrons. The van der Waals surface area contributed by atoms with Crippen molar-refractivity contribution in [2.75, 3.05) is 46.2 Å². The third kappa shape index (κ3) is 4.66. The largest absolute Gasteiger partial charge is 0.359 e. The molecular formula is C12H23N5. The van der Waals surface area contributed by atoms with E-state index in [1.165, 1.54) is 0 Å². The van der Waals surface area contributed by atoms with E-state index in [1.807, 2.05) is 13.2 Å². The number of rotatable bonds is 7. The van der Waals surface area contributed by atoms with Crippen LogP contribution in [0.25, 0.3) is 0 Å². The summed E-state index contributed by atoms with van der Waals surface area (Å²) in [6.07, 6.45) is 4.62. The van der Waals surface area contributed by atoms with Crippen molar-refractivity contribution < 1.29 is 0 Å². The number of hydrogen-bond acceptors (Lipinski definition) is 5. The average molecular weight is 237 g/mol. The van der Waals surface area contributed by atoms with Crippen LogP contribution in [0.1, 0.15) is 12.0 Å². The zero-order valence-electron chi connectivity index (χ0n) is 11.3. The van der Waals surface area contributed by atoms with Gasteiger partial charge in [-0.2, -0.15) is 0 Å². The Morgan fingerprint density at radius 3 is 2.65 bits per heavy atom. The second-order valence-corrected chi connectivity index (χ2v) is 4.48. The Morgan fingerprint density at radius 1 is 1.24 bits per heavy atom. The highest BCUT2D eigenvalue weighted by molar-refractivity contribution is 5.44. The summed E-state index contributed by atoms with van der Waals surface area (Å²) in [7, 11) is 8.20. The van der Waals surface area contributed by atoms with E-state index < -0.39 is 0 Å². The minimum Gasteiger partial charge on any atom is -0.359 e. The van der Waals surface area contributed by atoms with Gasteiger partial charge in [-0.15, -0.1) is 0 Å². The molecule has 1 heterocycles. The SMILES string of the molecule is CNCc1cncnc1N(C)CCCN(C)C. The van der Waals surface area contributed by atoms with Crippen LogP contribution in [-0.2, 0) is 6.54 Å². The second kappa shape index (κ2) is 7.19. The molecule has 1 N–H and O–H groups in total. The highest BCUT2D eigenvalue weighted by atomic mass is 15.2. The zero-order chi connectivity index (χ0) is 12.7. The van der Waals surface area contributed by atoms with Crippen molar-refractivity contribution in [3.8, 4) is 0 Å². The third-order valence-corrected chi connectivity index (χ3v) is 2.59. The maximum absolute atomic E-state index is 4.36. The van der Waals surface area contributed by atoms with E-state index in [0.29, 0.717) is 0 Å². The summed E-state index contributed by atoms with van der Waals surface area (Å²) in [6.45, 7) is 2.90. The van der Waals surface area contributed by atoms with E-state index in [9.17, 15) is 0 Å². The van der Waals surface area contributed by atoms with E-state index in [1.54, 1.807) is 6.33 Å². The second-order valence-electron chi connectivity index (χ2n) is 4.48. The molecular weight excluding hydrogens is 214 g/mol. The lowest BCUT2D eigenvalue weighted by Gasteiger charge is -2.21. The van der Waals surface area contributed by atoms with Gasteiger partial charge in [-0.05, 0) is 34.1 Å². The molecule has 0 radical (unpaired) electrons. The molecule has 17 heavy (non-hydrogen) atoms. The van der Waals surface area contributed by atoms with Crippen LogP contribution in [-0.4, -0.2) is 56.1 Å². The summed E-state index contributed by atoms with van der Waals surface area (Å²) in [4.78, 5) is 12.8. The zero-order valence-corrected chi connectivity index (χ0v) is 11.3. The fourth-order valence-corrected chi connectivity index (χ4v) is 1.74. The number of nitrogens with one attached hydrogen (secondary N) is 1. The minimum atomic E-state index is 0.800. The smallest absolute Gasteiger partial charge is 0.136 e. The van der Waals surface area contributed by atoms with Crippen molar-refractivity contribution in [3.63, 3.8) is 0 Å². The molecule has 0 aliphatic carbocycles. The topological polar surface area (TPSA) is 44.3 Å². The van der Waals surface area contributed by atoms with Gasteiger partial charge < -0.3 is 15.1 Å². The molecule has 0 aliphatic heterocycles. The van der Waals surface area contributed by atoms with Crippen LogP contribution in [0.3, 0.4) is 0 Å². The van der Waals surface area contributed by atoms with Gasteiger partial charge in [0.2, 0.25) is 0 Å². The summed E-state index contributed by atoms with van der Waals surface area (Å²) in [5.74, 6) is 1.02. The van der Waals surface area contributed by atoms with Gasteiger partial charge in [0, 0.05) is 31.9 Å². The van der Waals surface area contributed by atoms with Crippen molar-refractivity contribution in [2.24, 2.45) is 0 Å². The van der Waals surface area contributed by atoms with Crippen LogP contribution in [0.4, 0.5) is 5.82 Å². The number of anilines is 1. The van der Waals surface area contributed by atoms with Gasteiger partial charge in [0.25, 0.3) is 0 Å². The average Bonchev–Trinajstić information content (AvgIpc) is 2.29. The van der Waals surface area contributed by atoms with Gasteiger partial charge in [0.1, 0.15) is 12.1 Å². The molecule has 0 unspecified atom stereocenters. The van der Waals surface area contributed by atoms with Crippen LogP contribution in [0.15, 0.2) is 12.5 Å². The highest BCUT2D eigenvalue weighted by Gasteiger charge is 2.08. The van der Waals surface area contributed by atoms with Gasteiger partial charge in [0.05, 0.1) is 0 Å². The molecule has 5 heteroatoms. The minimum absolute atomic E-state index is 0.800. The normalized spacial score (nSPS) is 10.9. The van der Waals surface area contributed by atoms with Gasteiger partial charge in [-0.1, -0.05) is 0 Å². The van der Waals surface area contributed by atoms with Crippen LogP contribution >= 0.6 is 0 Å². The fraction of sp³-hybridized carbons (Fsp3) is 0.667. The lowest BCUT2D eigenvalue weighted by atomic mass is 10.2. The Balaban J connectivity index is 2.58. The number of aromatic nitrogens is 2. The van der Waals surface area contributed by atoms with Crippen LogP contribution in [0.2, 0.25) is 0 Å². The Kier molecular flexibility index (Phi) is 5.86. The lowest BCUT2D eigenvalue weighted by molar-refractivity contribution is 0.401. The summed E-state index contributed by atoms with van der Waals surface area (Å²) in [5, 5.41) is 3.14. The van der Waals surface area contributed by atoms with Crippen LogP contribution in [0, 0.1) is 0 Å².